The van der Waals surface area contributed by atoms with Crippen molar-refractivity contribution >= 4 is 28.5 Å². The number of alkyl halides is 1. The summed E-state index contributed by atoms with van der Waals surface area (Å²) in [5, 5.41) is 0. The molecule has 210 valence electrons. The Bertz CT molecular complexity index is 906. The van der Waals surface area contributed by atoms with E-state index in [0.717, 1.165) is 16.2 Å². The lowest BCUT2D eigenvalue weighted by Crippen LogP contribution is -2.41. The van der Waals surface area contributed by atoms with E-state index in [9.17, 15) is 0 Å². The average molecular weight is 584 g/mol. The summed E-state index contributed by atoms with van der Waals surface area (Å²) in [4.78, 5) is 0.838. The monoisotopic (exact) mass is 582 g/mol. The number of hydrogen-bond donors (Lipinski definition) is 0. The molecule has 2 nitrogen and oxygen atoms in total. The quantitative estimate of drug-likeness (QED) is 0.199. The lowest BCUT2D eigenvalue weighted by molar-refractivity contribution is 0.00578. The van der Waals surface area contributed by atoms with E-state index in [-0.39, 0.29) is 18.3 Å². The van der Waals surface area contributed by atoms with Gasteiger partial charge < -0.3 is 9.31 Å². The van der Waals surface area contributed by atoms with Gasteiger partial charge in [-0.05, 0) is 84.2 Å². The highest BCUT2D eigenvalue weighted by atomic mass is 79.9. The molecule has 1 saturated heterocycles. The van der Waals surface area contributed by atoms with E-state index < -0.39 is 0 Å². The van der Waals surface area contributed by atoms with Crippen LogP contribution in [0, 0.1) is 13.8 Å². The fourth-order valence-electron chi connectivity index (χ4n) is 5.38. The summed E-state index contributed by atoms with van der Waals surface area (Å²) >= 11 is 3.64. The van der Waals surface area contributed by atoms with Gasteiger partial charge in [-0.25, -0.2) is 0 Å². The third-order valence-corrected chi connectivity index (χ3v) is 9.71. The van der Waals surface area contributed by atoms with E-state index in [1.165, 1.54) is 88.2 Å². The van der Waals surface area contributed by atoms with E-state index in [1.807, 2.05) is 0 Å². The second kappa shape index (κ2) is 15.1. The van der Waals surface area contributed by atoms with E-state index in [2.05, 4.69) is 106 Å². The minimum atomic E-state index is -0.261. The first-order valence-electron chi connectivity index (χ1n) is 15.2. The number of aryl methyl sites for hydroxylation is 2. The van der Waals surface area contributed by atoms with Gasteiger partial charge in [0.25, 0.3) is 0 Å². The van der Waals surface area contributed by atoms with Gasteiger partial charge in [0.15, 0.2) is 0 Å². The summed E-state index contributed by atoms with van der Waals surface area (Å²) in [7, 11) is -0.245. The minimum absolute atomic E-state index is 0.245. The van der Waals surface area contributed by atoms with Crippen LogP contribution in [0.3, 0.4) is 0 Å². The molecule has 5 rings (SSSR count). The molecule has 2 saturated carbocycles. The molecular formula is C34H52BBrO2. The number of halogens is 1. The number of benzene rings is 2. The Kier molecular flexibility index (Phi) is 12.5. The molecule has 4 heteroatoms. The zero-order chi connectivity index (χ0) is 27.6. The van der Waals surface area contributed by atoms with Crippen LogP contribution in [0.15, 0.2) is 48.5 Å². The first kappa shape index (κ1) is 31.4. The van der Waals surface area contributed by atoms with Crippen molar-refractivity contribution in [2.75, 3.05) is 0 Å². The molecule has 0 spiro atoms. The second-order valence-corrected chi connectivity index (χ2v) is 14.0. The lowest BCUT2D eigenvalue weighted by Gasteiger charge is -2.32. The van der Waals surface area contributed by atoms with Crippen molar-refractivity contribution in [2.45, 2.75) is 141 Å². The van der Waals surface area contributed by atoms with E-state index >= 15 is 0 Å². The van der Waals surface area contributed by atoms with Crippen LogP contribution in [-0.2, 0) is 9.31 Å². The largest absolute Gasteiger partial charge is 0.494 e. The molecule has 2 aliphatic carbocycles. The minimum Gasteiger partial charge on any atom is -0.399 e. The molecule has 2 aromatic rings. The predicted molar refractivity (Wildman–Crippen MR) is 169 cm³/mol. The van der Waals surface area contributed by atoms with Crippen LogP contribution in [0.25, 0.3) is 0 Å². The van der Waals surface area contributed by atoms with Crippen LogP contribution >= 0.6 is 15.9 Å². The van der Waals surface area contributed by atoms with Gasteiger partial charge in [0.2, 0.25) is 0 Å². The summed E-state index contributed by atoms with van der Waals surface area (Å²) in [6, 6.07) is 17.5. The topological polar surface area (TPSA) is 18.5 Å². The van der Waals surface area contributed by atoms with Crippen LogP contribution < -0.4 is 5.46 Å². The maximum atomic E-state index is 5.97. The van der Waals surface area contributed by atoms with Gasteiger partial charge in [0.1, 0.15) is 0 Å². The lowest BCUT2D eigenvalue weighted by atomic mass is 9.79. The van der Waals surface area contributed by atoms with Gasteiger partial charge in [0.05, 0.1) is 11.2 Å². The van der Waals surface area contributed by atoms with Gasteiger partial charge in [-0.2, -0.15) is 0 Å². The zero-order valence-electron chi connectivity index (χ0n) is 25.0. The predicted octanol–water partition coefficient (Wildman–Crippen LogP) is 9.83. The van der Waals surface area contributed by atoms with Crippen molar-refractivity contribution in [1.82, 2.24) is 0 Å². The smallest absolute Gasteiger partial charge is 0.399 e. The third kappa shape index (κ3) is 9.83. The summed E-state index contributed by atoms with van der Waals surface area (Å²) in [5.74, 6) is 0.845. The van der Waals surface area contributed by atoms with Crippen LogP contribution in [0.5, 0.6) is 0 Å². The van der Waals surface area contributed by atoms with Gasteiger partial charge >= 0.3 is 7.12 Å². The van der Waals surface area contributed by atoms with Crippen molar-refractivity contribution in [3.05, 3.63) is 65.2 Å². The molecule has 0 aromatic heterocycles. The molecule has 0 atom stereocenters. The molecule has 1 heterocycles. The highest BCUT2D eigenvalue weighted by Gasteiger charge is 2.51. The highest BCUT2D eigenvalue weighted by molar-refractivity contribution is 9.09. The summed E-state index contributed by atoms with van der Waals surface area (Å²) in [5.41, 5.74) is 4.76. The maximum Gasteiger partial charge on any atom is 0.494 e. The standard InChI is InChI=1S/C14H20.C13H19BO2.C7H13Br/c1-12-8-10-14(11-9-12)13-6-4-2-3-5-7-13;1-10-6-8-11(9-7-10)14-15-12(2,3)13(4,5)16-14;8-7-5-3-1-2-4-6-7/h8-11,13H,2-7H2,1H3;6-9H,1-5H3;7H,1-6H2. The van der Waals surface area contributed by atoms with Crippen LogP contribution in [0.2, 0.25) is 0 Å². The van der Waals surface area contributed by atoms with Crippen molar-refractivity contribution in [3.8, 4) is 0 Å². The fourth-order valence-corrected chi connectivity index (χ4v) is 6.03. The van der Waals surface area contributed by atoms with Gasteiger partial charge in [-0.1, -0.05) is 127 Å². The molecule has 0 amide bonds. The molecule has 0 bridgehead atoms. The van der Waals surface area contributed by atoms with E-state index in [1.54, 1.807) is 5.56 Å². The highest BCUT2D eigenvalue weighted by Crippen LogP contribution is 2.36. The van der Waals surface area contributed by atoms with Crippen LogP contribution in [-0.4, -0.2) is 23.1 Å². The van der Waals surface area contributed by atoms with Crippen LogP contribution in [0.4, 0.5) is 0 Å². The van der Waals surface area contributed by atoms with E-state index in [4.69, 9.17) is 9.31 Å². The molecule has 3 fully saturated rings. The average Bonchev–Trinajstić information content (AvgIpc) is 3.18. The van der Waals surface area contributed by atoms with Crippen molar-refractivity contribution in [1.29, 1.82) is 0 Å². The molecule has 38 heavy (non-hydrogen) atoms. The number of hydrogen-bond acceptors (Lipinski definition) is 2. The molecule has 2 aromatic carbocycles. The Morgan fingerprint density at radius 3 is 1.45 bits per heavy atom. The van der Waals surface area contributed by atoms with Crippen LogP contribution in [0.1, 0.15) is 127 Å². The molecule has 0 unspecified atom stereocenters. The van der Waals surface area contributed by atoms with Gasteiger partial charge in [-0.3, -0.25) is 0 Å². The molecule has 1 aliphatic heterocycles. The number of rotatable bonds is 2. The molecule has 3 aliphatic rings. The summed E-state index contributed by atoms with van der Waals surface area (Å²) < 4.78 is 11.9. The van der Waals surface area contributed by atoms with Crippen molar-refractivity contribution in [3.63, 3.8) is 0 Å². The first-order chi connectivity index (χ1) is 18.1. The Morgan fingerprint density at radius 1 is 0.605 bits per heavy atom. The third-order valence-electron chi connectivity index (χ3n) is 8.79. The SMILES string of the molecule is BrC1CCCCCC1.Cc1ccc(B2OC(C)(C)C(C)(C)O2)cc1.Cc1ccc(C2CCCCCC2)cc1. The Balaban J connectivity index is 0.000000166. The Hall–Kier alpha value is -1.10. The second-order valence-electron chi connectivity index (χ2n) is 12.7. The molecular weight excluding hydrogens is 531 g/mol. The summed E-state index contributed by atoms with van der Waals surface area (Å²) in [6.07, 6.45) is 17.2. The Morgan fingerprint density at radius 2 is 1.00 bits per heavy atom. The van der Waals surface area contributed by atoms with E-state index in [0.29, 0.717) is 0 Å². The first-order valence-corrected chi connectivity index (χ1v) is 16.1. The van der Waals surface area contributed by atoms with Gasteiger partial charge in [0, 0.05) is 4.83 Å². The van der Waals surface area contributed by atoms with Crippen molar-refractivity contribution in [2.24, 2.45) is 0 Å². The normalized spacial score (nSPS) is 21.8. The summed E-state index contributed by atoms with van der Waals surface area (Å²) in [6.45, 7) is 12.5. The van der Waals surface area contributed by atoms with Crippen molar-refractivity contribution < 1.29 is 9.31 Å². The molecule has 0 radical (unpaired) electrons. The fraction of sp³-hybridized carbons (Fsp3) is 0.647. The molecule has 0 N–H and O–H groups in total. The zero-order valence-corrected chi connectivity index (χ0v) is 26.6. The maximum absolute atomic E-state index is 5.97. The Labute approximate surface area is 242 Å². The van der Waals surface area contributed by atoms with Gasteiger partial charge in [-0.15, -0.1) is 0 Å².